The summed E-state index contributed by atoms with van der Waals surface area (Å²) in [7, 11) is 0. The molecule has 21 heavy (non-hydrogen) atoms. The molecule has 1 aliphatic rings. The van der Waals surface area contributed by atoms with E-state index in [-0.39, 0.29) is 47.7 Å². The average molecular weight is 338 g/mol. The van der Waals surface area contributed by atoms with Crippen LogP contribution in [-0.2, 0) is 0 Å². The van der Waals surface area contributed by atoms with Crippen LogP contribution in [0.25, 0.3) is 0 Å². The summed E-state index contributed by atoms with van der Waals surface area (Å²) in [6, 6.07) is 1.61. The summed E-state index contributed by atoms with van der Waals surface area (Å²) < 4.78 is 13.4. The third kappa shape index (κ3) is 5.09. The molecule has 0 aromatic carbocycles. The first kappa shape index (κ1) is 20.1. The Kier molecular flexibility index (Phi) is 8.14. The van der Waals surface area contributed by atoms with E-state index in [9.17, 15) is 9.18 Å². The second kappa shape index (κ2) is 8.51. The summed E-state index contributed by atoms with van der Waals surface area (Å²) in [6.45, 7) is 5.84. The number of carbonyl (C=O) groups is 1. The van der Waals surface area contributed by atoms with E-state index < -0.39 is 5.82 Å². The summed E-state index contributed by atoms with van der Waals surface area (Å²) in [5.41, 5.74) is 0.186. The number of pyridine rings is 1. The van der Waals surface area contributed by atoms with E-state index in [0.717, 1.165) is 25.6 Å². The number of halogens is 3. The van der Waals surface area contributed by atoms with Crippen LogP contribution in [0.15, 0.2) is 18.5 Å². The summed E-state index contributed by atoms with van der Waals surface area (Å²) in [5, 5.41) is 6.21. The third-order valence-corrected chi connectivity index (χ3v) is 3.82. The van der Waals surface area contributed by atoms with Gasteiger partial charge in [0.25, 0.3) is 5.91 Å². The highest BCUT2D eigenvalue weighted by atomic mass is 35.5. The molecule has 120 valence electrons. The van der Waals surface area contributed by atoms with Crippen molar-refractivity contribution in [3.8, 4) is 0 Å². The Morgan fingerprint density at radius 3 is 2.86 bits per heavy atom. The fraction of sp³-hybridized carbons (Fsp3) is 0.571. The van der Waals surface area contributed by atoms with Crippen LogP contribution in [0.1, 0.15) is 37.0 Å². The largest absolute Gasteiger partial charge is 0.350 e. The predicted octanol–water partition coefficient (Wildman–Crippen LogP) is 2.57. The van der Waals surface area contributed by atoms with Crippen LogP contribution in [0.2, 0.25) is 0 Å². The van der Waals surface area contributed by atoms with Crippen molar-refractivity contribution in [2.24, 2.45) is 5.41 Å². The molecular formula is C14H22Cl2FN3O. The van der Waals surface area contributed by atoms with E-state index in [0.29, 0.717) is 6.54 Å². The first-order valence-electron chi connectivity index (χ1n) is 6.62. The first-order valence-corrected chi connectivity index (χ1v) is 6.62. The first-order chi connectivity index (χ1) is 9.00. The molecule has 1 aromatic heterocycles. The van der Waals surface area contributed by atoms with Crippen LogP contribution in [-0.4, -0.2) is 30.0 Å². The summed E-state index contributed by atoms with van der Waals surface area (Å²) >= 11 is 0. The van der Waals surface area contributed by atoms with Crippen LogP contribution in [0.3, 0.4) is 0 Å². The predicted molar refractivity (Wildman–Crippen MR) is 85.8 cm³/mol. The molecule has 1 fully saturated rings. The molecule has 1 saturated heterocycles. The molecule has 0 radical (unpaired) electrons. The fourth-order valence-corrected chi connectivity index (χ4v) is 2.47. The van der Waals surface area contributed by atoms with Gasteiger partial charge in [-0.2, -0.15) is 0 Å². The Balaban J connectivity index is 0.00000200. The molecule has 2 heterocycles. The van der Waals surface area contributed by atoms with Crippen molar-refractivity contribution in [2.45, 2.75) is 32.7 Å². The molecule has 0 aliphatic carbocycles. The molecule has 1 unspecified atom stereocenters. The zero-order valence-electron chi connectivity index (χ0n) is 12.2. The number of hydrogen-bond donors (Lipinski definition) is 2. The molecule has 1 aliphatic heterocycles. The zero-order chi connectivity index (χ0) is 13.9. The van der Waals surface area contributed by atoms with Gasteiger partial charge in [-0.1, -0.05) is 13.8 Å². The van der Waals surface area contributed by atoms with Gasteiger partial charge in [-0.05, 0) is 30.9 Å². The van der Waals surface area contributed by atoms with Gasteiger partial charge in [0.2, 0.25) is 0 Å². The Morgan fingerprint density at radius 1 is 1.52 bits per heavy atom. The van der Waals surface area contributed by atoms with Crippen LogP contribution < -0.4 is 10.6 Å². The highest BCUT2D eigenvalue weighted by Gasteiger charge is 2.32. The van der Waals surface area contributed by atoms with Crippen LogP contribution in [0.5, 0.6) is 0 Å². The second-order valence-corrected chi connectivity index (χ2v) is 5.66. The quantitative estimate of drug-likeness (QED) is 0.891. The van der Waals surface area contributed by atoms with Crippen LogP contribution in [0, 0.1) is 11.2 Å². The van der Waals surface area contributed by atoms with Crippen molar-refractivity contribution < 1.29 is 9.18 Å². The van der Waals surface area contributed by atoms with Gasteiger partial charge in [0, 0.05) is 18.8 Å². The smallest absolute Gasteiger partial charge is 0.254 e. The number of hydrogen-bond acceptors (Lipinski definition) is 3. The molecule has 1 aromatic rings. The van der Waals surface area contributed by atoms with E-state index in [1.165, 1.54) is 12.3 Å². The number of rotatable bonds is 3. The normalized spacial score (nSPS) is 19.9. The Bertz CT molecular complexity index is 471. The van der Waals surface area contributed by atoms with Crippen molar-refractivity contribution in [3.63, 3.8) is 0 Å². The molecule has 0 spiro atoms. The summed E-state index contributed by atoms with van der Waals surface area (Å²) in [5.74, 6) is -0.973. The number of nitrogens with one attached hydrogen (secondary N) is 2. The maximum absolute atomic E-state index is 13.4. The van der Waals surface area contributed by atoms with E-state index in [1.54, 1.807) is 0 Å². The van der Waals surface area contributed by atoms with Gasteiger partial charge in [0.05, 0.1) is 11.8 Å². The van der Waals surface area contributed by atoms with Gasteiger partial charge in [-0.25, -0.2) is 4.39 Å². The average Bonchev–Trinajstić information content (AvgIpc) is 2.37. The van der Waals surface area contributed by atoms with Gasteiger partial charge >= 0.3 is 0 Å². The number of piperidine rings is 1. The summed E-state index contributed by atoms with van der Waals surface area (Å²) in [4.78, 5) is 15.5. The van der Waals surface area contributed by atoms with Crippen molar-refractivity contribution >= 4 is 30.7 Å². The number of carbonyl (C=O) groups excluding carboxylic acids is 1. The fourth-order valence-electron chi connectivity index (χ4n) is 2.47. The topological polar surface area (TPSA) is 54.0 Å². The van der Waals surface area contributed by atoms with Crippen molar-refractivity contribution in [2.75, 3.05) is 13.1 Å². The molecule has 0 saturated carbocycles. The lowest BCUT2D eigenvalue weighted by Crippen LogP contribution is -2.52. The van der Waals surface area contributed by atoms with Gasteiger partial charge < -0.3 is 10.6 Å². The lowest BCUT2D eigenvalue weighted by atomic mass is 9.77. The second-order valence-electron chi connectivity index (χ2n) is 5.66. The van der Waals surface area contributed by atoms with Crippen LogP contribution in [0.4, 0.5) is 4.39 Å². The molecule has 4 nitrogen and oxygen atoms in total. The number of nitrogens with zero attached hydrogens (tertiary/aromatic N) is 1. The molecule has 1 amide bonds. The maximum atomic E-state index is 13.4. The minimum atomic E-state index is -0.587. The highest BCUT2D eigenvalue weighted by Crippen LogP contribution is 2.29. The number of aromatic nitrogens is 1. The molecule has 2 rings (SSSR count). The molecule has 1 atom stereocenters. The van der Waals surface area contributed by atoms with Crippen LogP contribution >= 0.6 is 24.8 Å². The molecule has 7 heteroatoms. The maximum Gasteiger partial charge on any atom is 0.254 e. The zero-order valence-corrected chi connectivity index (χ0v) is 13.8. The molecule has 0 bridgehead atoms. The van der Waals surface area contributed by atoms with Crippen molar-refractivity contribution in [1.29, 1.82) is 0 Å². The Labute approximate surface area is 137 Å². The van der Waals surface area contributed by atoms with Gasteiger partial charge in [0.15, 0.2) is 5.82 Å². The van der Waals surface area contributed by atoms with E-state index in [2.05, 4.69) is 29.5 Å². The molecular weight excluding hydrogens is 316 g/mol. The minimum Gasteiger partial charge on any atom is -0.350 e. The van der Waals surface area contributed by atoms with Gasteiger partial charge in [-0.15, -0.1) is 24.8 Å². The standard InChI is InChI=1S/C14H20FN3O.2ClH/c1-14(2)5-3-6-17-12(14)9-18-13(19)10-4-7-16-8-11(10)15;;/h4,7-8,12,17H,3,5-6,9H2,1-2H3,(H,18,19);2*1H. The molecule has 2 N–H and O–H groups in total. The lowest BCUT2D eigenvalue weighted by Gasteiger charge is -2.39. The van der Waals surface area contributed by atoms with E-state index >= 15 is 0 Å². The minimum absolute atomic E-state index is 0. The third-order valence-electron chi connectivity index (χ3n) is 3.82. The Hall–Kier alpha value is -0.910. The number of amides is 1. The van der Waals surface area contributed by atoms with E-state index in [1.807, 2.05) is 0 Å². The van der Waals surface area contributed by atoms with Gasteiger partial charge in [0.1, 0.15) is 0 Å². The highest BCUT2D eigenvalue weighted by molar-refractivity contribution is 5.94. The van der Waals surface area contributed by atoms with E-state index in [4.69, 9.17) is 0 Å². The van der Waals surface area contributed by atoms with Crippen molar-refractivity contribution in [3.05, 3.63) is 29.8 Å². The van der Waals surface area contributed by atoms with Gasteiger partial charge in [-0.3, -0.25) is 9.78 Å². The summed E-state index contributed by atoms with van der Waals surface area (Å²) in [6.07, 6.45) is 4.75. The lowest BCUT2D eigenvalue weighted by molar-refractivity contribution is 0.0924. The monoisotopic (exact) mass is 337 g/mol. The van der Waals surface area contributed by atoms with Crippen molar-refractivity contribution in [1.82, 2.24) is 15.6 Å². The Morgan fingerprint density at radius 2 is 2.24 bits per heavy atom. The SMILES string of the molecule is CC1(C)CCCNC1CNC(=O)c1ccncc1F.Cl.Cl.